The molecule has 0 aliphatic rings. The van der Waals surface area contributed by atoms with Gasteiger partial charge >= 0.3 is 0 Å². The van der Waals surface area contributed by atoms with Gasteiger partial charge in [-0.3, -0.25) is 9.78 Å². The molecule has 9 heteroatoms. The fraction of sp³-hybridized carbons (Fsp3) is 0.100. The Bertz CT molecular complexity index is 1220. The minimum absolute atomic E-state index is 0.230. The molecule has 4 rings (SSSR count). The molecule has 1 amide bonds. The number of aryl methyl sites for hydroxylation is 2. The lowest BCUT2D eigenvalue weighted by molar-refractivity contribution is 0.102. The third kappa shape index (κ3) is 3.81. The first kappa shape index (κ1) is 19.7. The first-order chi connectivity index (χ1) is 14.0. The number of benzene rings is 2. The Balaban J connectivity index is 1.76. The lowest BCUT2D eigenvalue weighted by Gasteiger charge is -2.13. The molecule has 0 saturated carbocycles. The Morgan fingerprint density at radius 2 is 1.86 bits per heavy atom. The number of nitrogens with one attached hydrogen (secondary N) is 1. The van der Waals surface area contributed by atoms with Gasteiger partial charge in [0.15, 0.2) is 5.16 Å². The largest absolute Gasteiger partial charge is 0.320 e. The number of anilines is 1. The maximum Gasteiger partial charge on any atom is 0.258 e. The summed E-state index contributed by atoms with van der Waals surface area (Å²) in [6.45, 7) is 1.99. The van der Waals surface area contributed by atoms with Crippen molar-refractivity contribution in [3.05, 3.63) is 70.1 Å². The van der Waals surface area contributed by atoms with Crippen molar-refractivity contribution in [1.29, 1.82) is 0 Å². The number of para-hydroxylation sites is 1. The maximum atomic E-state index is 12.8. The number of aromatic nitrogens is 4. The summed E-state index contributed by atoms with van der Waals surface area (Å²) < 4.78 is 1.85. The summed E-state index contributed by atoms with van der Waals surface area (Å²) in [5, 5.41) is 13.2. The number of halogens is 2. The highest BCUT2D eigenvalue weighted by molar-refractivity contribution is 7.99. The van der Waals surface area contributed by atoms with Crippen LogP contribution in [0.3, 0.4) is 0 Å². The summed E-state index contributed by atoms with van der Waals surface area (Å²) in [6.07, 6.45) is 3.43. The minimum atomic E-state index is -0.391. The Kier molecular flexibility index (Phi) is 5.45. The van der Waals surface area contributed by atoms with Crippen molar-refractivity contribution in [2.24, 2.45) is 7.05 Å². The van der Waals surface area contributed by atoms with E-state index in [0.717, 1.165) is 21.0 Å². The number of hydrogen-bond acceptors (Lipinski definition) is 5. The van der Waals surface area contributed by atoms with Crippen LogP contribution in [0, 0.1) is 6.92 Å². The molecular weight excluding hydrogens is 429 g/mol. The normalized spacial score (nSPS) is 11.0. The molecule has 2 aromatic carbocycles. The van der Waals surface area contributed by atoms with Crippen LogP contribution in [0.15, 0.2) is 59.0 Å². The van der Waals surface area contributed by atoms with Gasteiger partial charge in [-0.2, -0.15) is 0 Å². The van der Waals surface area contributed by atoms with E-state index in [9.17, 15) is 4.79 Å². The molecule has 29 heavy (non-hydrogen) atoms. The fourth-order valence-corrected chi connectivity index (χ4v) is 4.41. The molecule has 146 valence electrons. The summed E-state index contributed by atoms with van der Waals surface area (Å²) in [5.41, 5.74) is 2.47. The number of nitrogens with zero attached hydrogens (tertiary/aromatic N) is 4. The fourth-order valence-electron chi connectivity index (χ4n) is 2.89. The van der Waals surface area contributed by atoms with Crippen LogP contribution >= 0.6 is 35.0 Å². The van der Waals surface area contributed by atoms with E-state index < -0.39 is 5.91 Å². The van der Waals surface area contributed by atoms with Gasteiger partial charge in [-0.05, 0) is 42.4 Å². The minimum Gasteiger partial charge on any atom is -0.320 e. The van der Waals surface area contributed by atoms with Crippen molar-refractivity contribution in [3.63, 3.8) is 0 Å². The molecule has 2 aromatic heterocycles. The number of carbonyl (C=O) groups excluding carboxylic acids is 1. The molecule has 0 saturated heterocycles. The van der Waals surface area contributed by atoms with Crippen LogP contribution in [0.25, 0.3) is 10.9 Å². The van der Waals surface area contributed by atoms with Crippen molar-refractivity contribution in [3.8, 4) is 0 Å². The summed E-state index contributed by atoms with van der Waals surface area (Å²) in [5.74, 6) is -0.391. The van der Waals surface area contributed by atoms with Gasteiger partial charge in [-0.1, -0.05) is 41.4 Å². The molecule has 0 fully saturated rings. The zero-order chi connectivity index (χ0) is 20.5. The van der Waals surface area contributed by atoms with Gasteiger partial charge in [-0.15, -0.1) is 10.2 Å². The van der Waals surface area contributed by atoms with Crippen LogP contribution in [0.2, 0.25) is 10.0 Å². The number of amides is 1. The van der Waals surface area contributed by atoms with Crippen molar-refractivity contribution in [2.45, 2.75) is 17.0 Å². The van der Waals surface area contributed by atoms with Crippen molar-refractivity contribution in [1.82, 2.24) is 19.7 Å². The molecule has 0 aliphatic heterocycles. The van der Waals surface area contributed by atoms with Crippen LogP contribution in [-0.2, 0) is 7.05 Å². The predicted octanol–water partition coefficient (Wildman–Crippen LogP) is 5.38. The zero-order valence-electron chi connectivity index (χ0n) is 15.5. The predicted molar refractivity (Wildman–Crippen MR) is 116 cm³/mol. The highest BCUT2D eigenvalue weighted by Gasteiger charge is 2.18. The van der Waals surface area contributed by atoms with Crippen molar-refractivity contribution < 1.29 is 4.79 Å². The Hall–Kier alpha value is -2.61. The molecule has 4 aromatic rings. The van der Waals surface area contributed by atoms with E-state index in [0.29, 0.717) is 11.2 Å². The summed E-state index contributed by atoms with van der Waals surface area (Å²) in [4.78, 5) is 18.4. The second-order valence-electron chi connectivity index (χ2n) is 6.35. The van der Waals surface area contributed by atoms with Gasteiger partial charge in [0, 0.05) is 23.5 Å². The van der Waals surface area contributed by atoms with Crippen LogP contribution in [0.5, 0.6) is 0 Å². The summed E-state index contributed by atoms with van der Waals surface area (Å²) in [7, 11) is 1.89. The molecule has 0 atom stereocenters. The number of hydrogen-bond donors (Lipinski definition) is 1. The van der Waals surface area contributed by atoms with E-state index in [2.05, 4.69) is 20.5 Å². The Morgan fingerprint density at radius 1 is 1.14 bits per heavy atom. The van der Waals surface area contributed by atoms with E-state index in [1.54, 1.807) is 36.8 Å². The third-order valence-corrected chi connectivity index (χ3v) is 6.26. The molecule has 0 aliphatic carbocycles. The second kappa shape index (κ2) is 8.02. The summed E-state index contributed by atoms with van der Waals surface area (Å²) >= 11 is 13.8. The monoisotopic (exact) mass is 443 g/mol. The van der Waals surface area contributed by atoms with Crippen LogP contribution < -0.4 is 5.32 Å². The molecule has 2 heterocycles. The lowest BCUT2D eigenvalue weighted by atomic mass is 10.1. The highest BCUT2D eigenvalue weighted by Crippen LogP contribution is 2.36. The number of pyridine rings is 1. The van der Waals surface area contributed by atoms with E-state index in [-0.39, 0.29) is 15.6 Å². The van der Waals surface area contributed by atoms with Gasteiger partial charge in [0.25, 0.3) is 5.91 Å². The number of carbonyl (C=O) groups is 1. The average Bonchev–Trinajstić information content (AvgIpc) is 3.09. The second-order valence-corrected chi connectivity index (χ2v) is 8.14. The van der Waals surface area contributed by atoms with Crippen molar-refractivity contribution in [2.75, 3.05) is 5.32 Å². The smallest absolute Gasteiger partial charge is 0.258 e. The lowest BCUT2D eigenvalue weighted by Crippen LogP contribution is -2.13. The van der Waals surface area contributed by atoms with Gasteiger partial charge < -0.3 is 9.88 Å². The van der Waals surface area contributed by atoms with Crippen LogP contribution in [0.4, 0.5) is 5.69 Å². The molecular formula is C20H15Cl2N5OS. The van der Waals surface area contributed by atoms with Crippen molar-refractivity contribution >= 4 is 57.5 Å². The molecule has 0 unspecified atom stereocenters. The molecule has 0 radical (unpaired) electrons. The van der Waals surface area contributed by atoms with Crippen LogP contribution in [-0.4, -0.2) is 25.7 Å². The summed E-state index contributed by atoms with van der Waals surface area (Å²) in [6, 6.07) is 10.6. The first-order valence-corrected chi connectivity index (χ1v) is 10.2. The number of rotatable bonds is 4. The maximum absolute atomic E-state index is 12.8. The number of fused-ring (bicyclic) bond motifs is 1. The van der Waals surface area contributed by atoms with Gasteiger partial charge in [0.05, 0.1) is 26.8 Å². The average molecular weight is 444 g/mol. The first-order valence-electron chi connectivity index (χ1n) is 8.61. The Labute approximate surface area is 181 Å². The van der Waals surface area contributed by atoms with E-state index in [1.807, 2.05) is 30.7 Å². The van der Waals surface area contributed by atoms with Gasteiger partial charge in [0.1, 0.15) is 6.33 Å². The van der Waals surface area contributed by atoms with Gasteiger partial charge in [0.2, 0.25) is 0 Å². The quantitative estimate of drug-likeness (QED) is 0.458. The Morgan fingerprint density at radius 3 is 2.55 bits per heavy atom. The van der Waals surface area contributed by atoms with E-state index >= 15 is 0 Å². The topological polar surface area (TPSA) is 72.7 Å². The van der Waals surface area contributed by atoms with Crippen LogP contribution in [0.1, 0.15) is 15.9 Å². The molecule has 0 bridgehead atoms. The third-order valence-electron chi connectivity index (χ3n) is 4.33. The molecule has 0 spiro atoms. The molecule has 1 N–H and O–H groups in total. The molecule has 6 nitrogen and oxygen atoms in total. The SMILES string of the molecule is Cc1cnc2c(NC(=O)c3c(Cl)cccc3Cl)cccc2c1Sc1nncn1C. The van der Waals surface area contributed by atoms with E-state index in [4.69, 9.17) is 23.2 Å². The zero-order valence-corrected chi connectivity index (χ0v) is 17.8. The van der Waals surface area contributed by atoms with E-state index in [1.165, 1.54) is 11.8 Å². The standard InChI is InChI=1S/C20H15Cl2N5OS/c1-11-9-23-17-12(18(11)29-20-26-24-10-27(20)2)5-3-8-15(17)25-19(28)16-13(21)6-4-7-14(16)22/h3-10H,1-2H3,(H,25,28). The van der Waals surface area contributed by atoms with Gasteiger partial charge in [-0.25, -0.2) is 0 Å². The highest BCUT2D eigenvalue weighted by atomic mass is 35.5.